The number of aromatic nitrogens is 3. The predicted octanol–water partition coefficient (Wildman–Crippen LogP) is 4.42. The van der Waals surface area contributed by atoms with Crippen LogP contribution in [0.5, 0.6) is 5.75 Å². The van der Waals surface area contributed by atoms with Crippen LogP contribution in [0, 0.1) is 0 Å². The van der Waals surface area contributed by atoms with Crippen molar-refractivity contribution in [2.45, 2.75) is 51.7 Å². The Hall–Kier alpha value is -2.48. The van der Waals surface area contributed by atoms with Gasteiger partial charge in [0.15, 0.2) is 0 Å². The number of hydrogen-bond acceptors (Lipinski definition) is 7. The van der Waals surface area contributed by atoms with E-state index in [4.69, 9.17) is 14.6 Å². The van der Waals surface area contributed by atoms with E-state index in [1.165, 1.54) is 0 Å². The number of thioether (sulfide) groups is 1. The van der Waals surface area contributed by atoms with E-state index in [1.807, 2.05) is 45.0 Å². The number of carbonyl (C=O) groups excluding carboxylic acids is 1. The molecule has 8 heteroatoms. The first-order chi connectivity index (χ1) is 14.1. The number of fused-ring (bicyclic) bond motifs is 1. The van der Waals surface area contributed by atoms with Gasteiger partial charge in [-0.1, -0.05) is 37.7 Å². The van der Waals surface area contributed by atoms with Crippen molar-refractivity contribution in [3.8, 4) is 5.75 Å². The summed E-state index contributed by atoms with van der Waals surface area (Å²) in [6, 6.07) is 7.33. The summed E-state index contributed by atoms with van der Waals surface area (Å²) < 4.78 is 12.9. The standard InChI is InChI=1S/C21H28N4O3S/c1-5-11-28-19(26)17-14(4)22-20-23-21(29-12-6-2)24-25(20)18(17)15-9-8-10-16(13-15)27-7-3/h8-10,13,18H,5-7,11-12H2,1-4H3,(H,22,23,24). The maximum atomic E-state index is 12.9. The lowest BCUT2D eigenvalue weighted by Crippen LogP contribution is -2.29. The van der Waals surface area contributed by atoms with Crippen LogP contribution in [0.4, 0.5) is 5.95 Å². The molecular formula is C21H28N4O3S. The molecule has 2 aromatic rings. The fourth-order valence-corrected chi connectivity index (χ4v) is 3.86. The van der Waals surface area contributed by atoms with Crippen LogP contribution in [0.2, 0.25) is 0 Å². The number of anilines is 1. The minimum atomic E-state index is -0.431. The second-order valence-corrected chi connectivity index (χ2v) is 7.78. The molecule has 0 bridgehead atoms. The summed E-state index contributed by atoms with van der Waals surface area (Å²) in [7, 11) is 0. The zero-order valence-electron chi connectivity index (χ0n) is 17.4. The second kappa shape index (κ2) is 9.82. The maximum absolute atomic E-state index is 12.9. The van der Waals surface area contributed by atoms with E-state index in [-0.39, 0.29) is 5.97 Å². The van der Waals surface area contributed by atoms with Crippen molar-refractivity contribution in [2.24, 2.45) is 0 Å². The fraction of sp³-hybridized carbons (Fsp3) is 0.476. The second-order valence-electron chi connectivity index (χ2n) is 6.72. The Morgan fingerprint density at radius 2 is 2.10 bits per heavy atom. The quantitative estimate of drug-likeness (QED) is 0.479. The lowest BCUT2D eigenvalue weighted by molar-refractivity contribution is -0.139. The van der Waals surface area contributed by atoms with Gasteiger partial charge < -0.3 is 14.8 Å². The van der Waals surface area contributed by atoms with E-state index >= 15 is 0 Å². The molecule has 7 nitrogen and oxygen atoms in total. The SMILES string of the molecule is CCCOC(=O)C1=C(C)Nc2nc(SCCC)nn2C1c1cccc(OCC)c1. The first-order valence-corrected chi connectivity index (χ1v) is 11.0. The predicted molar refractivity (Wildman–Crippen MR) is 114 cm³/mol. The molecule has 0 aliphatic carbocycles. The van der Waals surface area contributed by atoms with Crippen LogP contribution < -0.4 is 10.1 Å². The molecule has 3 rings (SSSR count). The molecule has 1 atom stereocenters. The molecule has 0 saturated heterocycles. The van der Waals surface area contributed by atoms with E-state index in [0.717, 1.165) is 35.6 Å². The van der Waals surface area contributed by atoms with Crippen molar-refractivity contribution < 1.29 is 14.3 Å². The average molecular weight is 417 g/mol. The summed E-state index contributed by atoms with van der Waals surface area (Å²) in [5.41, 5.74) is 2.17. The van der Waals surface area contributed by atoms with Gasteiger partial charge in [0.05, 0.1) is 18.8 Å². The highest BCUT2D eigenvalue weighted by Crippen LogP contribution is 2.37. The zero-order chi connectivity index (χ0) is 20.8. The molecule has 1 aromatic heterocycles. The van der Waals surface area contributed by atoms with Crippen LogP contribution >= 0.6 is 11.8 Å². The Kier molecular flexibility index (Phi) is 7.19. The Balaban J connectivity index is 2.06. The van der Waals surface area contributed by atoms with E-state index < -0.39 is 6.04 Å². The number of ether oxygens (including phenoxy) is 2. The summed E-state index contributed by atoms with van der Waals surface area (Å²) in [5, 5.41) is 8.61. The number of allylic oxidation sites excluding steroid dienone is 1. The molecule has 1 N–H and O–H groups in total. The minimum absolute atomic E-state index is 0.340. The Labute approximate surface area is 175 Å². The number of benzene rings is 1. The molecule has 1 aliphatic heterocycles. The molecule has 1 aromatic carbocycles. The Morgan fingerprint density at radius 1 is 1.28 bits per heavy atom. The molecule has 1 unspecified atom stereocenters. The smallest absolute Gasteiger partial charge is 0.338 e. The zero-order valence-corrected chi connectivity index (χ0v) is 18.2. The van der Waals surface area contributed by atoms with Gasteiger partial charge in [-0.25, -0.2) is 9.48 Å². The number of rotatable bonds is 9. The van der Waals surface area contributed by atoms with Crippen molar-refractivity contribution in [3.05, 3.63) is 41.1 Å². The minimum Gasteiger partial charge on any atom is -0.494 e. The first kappa shape index (κ1) is 21.2. The molecule has 2 heterocycles. The van der Waals surface area contributed by atoms with Gasteiger partial charge in [0.1, 0.15) is 11.8 Å². The topological polar surface area (TPSA) is 78.3 Å². The molecule has 1 aliphatic rings. The van der Waals surface area contributed by atoms with Gasteiger partial charge in [0.25, 0.3) is 0 Å². The number of hydrogen-bond donors (Lipinski definition) is 1. The normalized spacial score (nSPS) is 15.7. The maximum Gasteiger partial charge on any atom is 0.338 e. The van der Waals surface area contributed by atoms with Gasteiger partial charge in [-0.2, -0.15) is 4.98 Å². The van der Waals surface area contributed by atoms with E-state index in [9.17, 15) is 4.79 Å². The van der Waals surface area contributed by atoms with Crippen LogP contribution in [-0.2, 0) is 9.53 Å². The van der Waals surface area contributed by atoms with Crippen molar-refractivity contribution in [1.29, 1.82) is 0 Å². The van der Waals surface area contributed by atoms with Crippen LogP contribution in [0.15, 0.2) is 40.7 Å². The summed E-state index contributed by atoms with van der Waals surface area (Å²) in [6.07, 6.45) is 1.80. The number of nitrogens with one attached hydrogen (secondary N) is 1. The molecule has 0 fully saturated rings. The fourth-order valence-electron chi connectivity index (χ4n) is 3.17. The van der Waals surface area contributed by atoms with Crippen LogP contribution in [-0.4, -0.2) is 39.7 Å². The van der Waals surface area contributed by atoms with Gasteiger partial charge in [-0.3, -0.25) is 0 Å². The Morgan fingerprint density at radius 3 is 2.83 bits per heavy atom. The van der Waals surface area contributed by atoms with Gasteiger partial charge in [0.2, 0.25) is 11.1 Å². The third-order valence-corrected chi connectivity index (χ3v) is 5.45. The van der Waals surface area contributed by atoms with E-state index in [2.05, 4.69) is 17.2 Å². The highest BCUT2D eigenvalue weighted by atomic mass is 32.2. The summed E-state index contributed by atoms with van der Waals surface area (Å²) >= 11 is 1.60. The number of nitrogens with zero attached hydrogens (tertiary/aromatic N) is 3. The van der Waals surface area contributed by atoms with Crippen molar-refractivity contribution in [3.63, 3.8) is 0 Å². The average Bonchev–Trinajstić information content (AvgIpc) is 3.12. The molecule has 0 radical (unpaired) electrons. The highest BCUT2D eigenvalue weighted by Gasteiger charge is 2.35. The molecule has 0 saturated carbocycles. The third kappa shape index (κ3) is 4.75. The van der Waals surface area contributed by atoms with E-state index in [0.29, 0.717) is 29.9 Å². The summed E-state index contributed by atoms with van der Waals surface area (Å²) in [5.74, 6) is 1.98. The van der Waals surface area contributed by atoms with Crippen molar-refractivity contribution in [1.82, 2.24) is 14.8 Å². The van der Waals surface area contributed by atoms with Gasteiger partial charge >= 0.3 is 5.97 Å². The van der Waals surface area contributed by atoms with Gasteiger partial charge in [0, 0.05) is 11.4 Å². The van der Waals surface area contributed by atoms with Gasteiger partial charge in [-0.05, 0) is 44.4 Å². The molecular weight excluding hydrogens is 388 g/mol. The van der Waals surface area contributed by atoms with Crippen LogP contribution in [0.1, 0.15) is 52.1 Å². The van der Waals surface area contributed by atoms with Gasteiger partial charge in [-0.15, -0.1) is 5.10 Å². The molecule has 0 spiro atoms. The number of esters is 1. The monoisotopic (exact) mass is 416 g/mol. The lowest BCUT2D eigenvalue weighted by Gasteiger charge is -2.28. The van der Waals surface area contributed by atoms with E-state index in [1.54, 1.807) is 16.4 Å². The van der Waals surface area contributed by atoms with Crippen LogP contribution in [0.25, 0.3) is 0 Å². The van der Waals surface area contributed by atoms with Crippen molar-refractivity contribution in [2.75, 3.05) is 24.3 Å². The lowest BCUT2D eigenvalue weighted by atomic mass is 9.95. The van der Waals surface area contributed by atoms with Crippen molar-refractivity contribution >= 4 is 23.7 Å². The summed E-state index contributed by atoms with van der Waals surface area (Å²) in [4.78, 5) is 17.5. The molecule has 0 amide bonds. The summed E-state index contributed by atoms with van der Waals surface area (Å²) in [6.45, 7) is 8.87. The Bertz CT molecular complexity index is 894. The van der Waals surface area contributed by atoms with Crippen LogP contribution in [0.3, 0.4) is 0 Å². The molecule has 29 heavy (non-hydrogen) atoms. The largest absolute Gasteiger partial charge is 0.494 e. The first-order valence-electron chi connectivity index (χ1n) is 10.1. The molecule has 156 valence electrons. The highest BCUT2D eigenvalue weighted by molar-refractivity contribution is 7.99. The number of carbonyl (C=O) groups is 1. The third-order valence-electron chi connectivity index (χ3n) is 4.41.